The molecule has 0 aromatic carbocycles. The summed E-state index contributed by atoms with van der Waals surface area (Å²) in [5.41, 5.74) is 1.80. The molecule has 0 unspecified atom stereocenters. The highest BCUT2D eigenvalue weighted by molar-refractivity contribution is 7.07. The van der Waals surface area contributed by atoms with Crippen LogP contribution in [0.15, 0.2) is 11.0 Å². The van der Waals surface area contributed by atoms with Crippen molar-refractivity contribution >= 4 is 11.3 Å². The molecule has 1 rings (SSSR count). The molecule has 1 aromatic rings. The fourth-order valence-electron chi connectivity index (χ4n) is 0.118. The zero-order valence-corrected chi connectivity index (χ0v) is 3.20. The Hall–Kier alpha value is -0.440. The third-order valence-corrected chi connectivity index (χ3v) is 0.638. The fourth-order valence-corrected chi connectivity index (χ4v) is 0.354. The van der Waals surface area contributed by atoms with Gasteiger partial charge in [-0.2, -0.15) is 0 Å². The maximum atomic E-state index is 6.72. The Kier molecular flexibility index (Phi) is 0.420. The molecule has 26 valence electrons. The van der Waals surface area contributed by atoms with E-state index in [1.165, 1.54) is 16.8 Å². The van der Waals surface area contributed by atoms with Crippen LogP contribution in [0.5, 0.6) is 0 Å². The Balaban J connectivity index is 3.05. The molecule has 0 aliphatic rings. The van der Waals surface area contributed by atoms with Gasteiger partial charge in [0.15, 0.2) is 0 Å². The third-order valence-electron chi connectivity index (χ3n) is 0.251. The maximum absolute atomic E-state index is 6.72. The number of aromatic nitrogens is 2. The summed E-state index contributed by atoms with van der Waals surface area (Å²) in [6.45, 7) is 0. The molecule has 2 nitrogen and oxygen atoms in total. The molecule has 0 aliphatic carbocycles. The van der Waals surface area contributed by atoms with E-state index in [9.17, 15) is 0 Å². The van der Waals surface area contributed by atoms with Crippen molar-refractivity contribution in [2.75, 3.05) is 0 Å². The van der Waals surface area contributed by atoms with E-state index in [0.717, 1.165) is 0 Å². The molecule has 0 aliphatic heterocycles. The zero-order chi connectivity index (χ0) is 4.41. The van der Waals surface area contributed by atoms with Gasteiger partial charge in [-0.3, -0.25) is 0 Å². The van der Waals surface area contributed by atoms with Gasteiger partial charge in [0.25, 0.3) is 0 Å². The van der Waals surface area contributed by atoms with Gasteiger partial charge < -0.3 is 0 Å². The Morgan fingerprint density at radius 2 is 2.80 bits per heavy atom. The van der Waals surface area contributed by atoms with Crippen molar-refractivity contribution in [1.82, 2.24) is 10.2 Å². The van der Waals surface area contributed by atoms with Gasteiger partial charge >= 0.3 is 0 Å². The summed E-state index contributed by atoms with van der Waals surface area (Å²) in [6.07, 6.45) is 0. The topological polar surface area (TPSA) is 25.8 Å². The Bertz CT molecular complexity index is 115. The number of hydrogen-bond acceptors (Lipinski definition) is 3. The van der Waals surface area contributed by atoms with Gasteiger partial charge in [-0.15, -0.1) is 21.5 Å². The van der Waals surface area contributed by atoms with Crippen LogP contribution in [-0.2, 0) is 0 Å². The van der Waals surface area contributed by atoms with Crippen LogP contribution in [0, 0.1) is 0 Å². The van der Waals surface area contributed by atoms with E-state index in [0.29, 0.717) is 0 Å². The average molecular weight is 87.1 g/mol. The second-order valence-corrected chi connectivity index (χ2v) is 1.16. The van der Waals surface area contributed by atoms with Crippen molar-refractivity contribution in [3.05, 3.63) is 11.0 Å². The largest absolute Gasteiger partial charge is 0.147 e. The van der Waals surface area contributed by atoms with Crippen LogP contribution in [0.1, 0.15) is 1.37 Å². The highest BCUT2D eigenvalue weighted by Gasteiger charge is 1.60. The molecule has 1 heterocycles. The first kappa shape index (κ1) is 1.87. The van der Waals surface area contributed by atoms with Crippen LogP contribution in [-0.4, -0.2) is 10.2 Å². The number of nitrogens with zero attached hydrogens (tertiary/aromatic N) is 2. The van der Waals surface area contributed by atoms with Crippen molar-refractivity contribution in [2.24, 2.45) is 0 Å². The van der Waals surface area contributed by atoms with Crippen LogP contribution in [0.2, 0.25) is 0 Å². The van der Waals surface area contributed by atoms with E-state index in [1.807, 2.05) is 0 Å². The van der Waals surface area contributed by atoms with Gasteiger partial charge in [0, 0.05) is 0 Å². The quantitative estimate of drug-likeness (QED) is 0.461. The van der Waals surface area contributed by atoms with E-state index in [4.69, 9.17) is 1.37 Å². The standard InChI is InChI=1S/C2H2N2S/c1-3-4-2-5-1/h1-2H/i1D. The highest BCUT2D eigenvalue weighted by atomic mass is 32.1. The Morgan fingerprint density at radius 1 is 1.80 bits per heavy atom. The molecule has 0 amide bonds. The summed E-state index contributed by atoms with van der Waals surface area (Å²) in [5, 5.41) is 6.75. The second kappa shape index (κ2) is 1.12. The summed E-state index contributed by atoms with van der Waals surface area (Å²) < 4.78 is 6.72. The van der Waals surface area contributed by atoms with Crippen molar-refractivity contribution in [3.8, 4) is 0 Å². The van der Waals surface area contributed by atoms with Gasteiger partial charge in [0.2, 0.25) is 0 Å². The van der Waals surface area contributed by atoms with Crippen LogP contribution < -0.4 is 0 Å². The molecule has 1 aromatic heterocycles. The third kappa shape index (κ3) is 0.417. The molecule has 0 saturated heterocycles. The molecular weight excluding hydrogens is 84.1 g/mol. The van der Waals surface area contributed by atoms with Crippen molar-refractivity contribution in [3.63, 3.8) is 0 Å². The predicted octanol–water partition coefficient (Wildman–Crippen LogP) is 0.538. The lowest BCUT2D eigenvalue weighted by atomic mass is 11.6. The smallest absolute Gasteiger partial charge is 0.103 e. The molecule has 3 heteroatoms. The first-order valence-corrected chi connectivity index (χ1v) is 2.00. The van der Waals surface area contributed by atoms with Gasteiger partial charge in [-0.05, 0) is 0 Å². The lowest BCUT2D eigenvalue weighted by molar-refractivity contribution is 1.09. The minimum Gasteiger partial charge on any atom is -0.147 e. The highest BCUT2D eigenvalue weighted by Crippen LogP contribution is 1.80. The van der Waals surface area contributed by atoms with Gasteiger partial charge in [-0.25, -0.2) is 0 Å². The molecule has 0 saturated carbocycles. The maximum Gasteiger partial charge on any atom is 0.103 e. The van der Waals surface area contributed by atoms with Crippen molar-refractivity contribution < 1.29 is 1.37 Å². The van der Waals surface area contributed by atoms with Crippen LogP contribution in [0.3, 0.4) is 0 Å². The van der Waals surface area contributed by atoms with E-state index in [2.05, 4.69) is 10.2 Å². The zero-order valence-electron chi connectivity index (χ0n) is 3.38. The minimum atomic E-state index is 0.273. The Labute approximate surface area is 34.9 Å². The van der Waals surface area contributed by atoms with E-state index in [1.54, 1.807) is 0 Å². The molecule has 0 spiro atoms. The molecule has 0 fully saturated rings. The first-order valence-electron chi connectivity index (χ1n) is 1.62. The predicted molar refractivity (Wildman–Crippen MR) is 19.9 cm³/mol. The van der Waals surface area contributed by atoms with Crippen LogP contribution >= 0.6 is 11.3 Å². The summed E-state index contributed by atoms with van der Waals surface area (Å²) in [7, 11) is 0. The summed E-state index contributed by atoms with van der Waals surface area (Å²) >= 11 is 1.22. The second-order valence-electron chi connectivity index (χ2n) is 0.530. The molecule has 0 atom stereocenters. The lowest BCUT2D eigenvalue weighted by Gasteiger charge is -1.41. The normalized spacial score (nSPS) is 10.8. The SMILES string of the molecule is [2H]c1nncs1. The Morgan fingerprint density at radius 3 is 3.00 bits per heavy atom. The molecular formula is C2H2N2S. The first-order chi connectivity index (χ1) is 2.89. The van der Waals surface area contributed by atoms with Gasteiger partial charge in [0.05, 0.1) is 1.37 Å². The van der Waals surface area contributed by atoms with Gasteiger partial charge in [0.1, 0.15) is 11.0 Å². The van der Waals surface area contributed by atoms with Crippen molar-refractivity contribution in [1.29, 1.82) is 0 Å². The molecule has 0 bridgehead atoms. The lowest BCUT2D eigenvalue weighted by Crippen LogP contribution is -1.53. The van der Waals surface area contributed by atoms with Crippen molar-refractivity contribution in [2.45, 2.75) is 0 Å². The summed E-state index contributed by atoms with van der Waals surface area (Å²) in [4.78, 5) is 0. The van der Waals surface area contributed by atoms with E-state index in [-0.39, 0.29) is 5.49 Å². The monoisotopic (exact) mass is 87.0 g/mol. The van der Waals surface area contributed by atoms with Crippen LogP contribution in [0.4, 0.5) is 0 Å². The average Bonchev–Trinajstić information content (AvgIpc) is 1.86. The molecule has 5 heavy (non-hydrogen) atoms. The van der Waals surface area contributed by atoms with Crippen LogP contribution in [0.25, 0.3) is 0 Å². The molecule has 0 radical (unpaired) electrons. The number of rotatable bonds is 0. The summed E-state index contributed by atoms with van der Waals surface area (Å²) in [6, 6.07) is 0. The van der Waals surface area contributed by atoms with E-state index >= 15 is 0 Å². The number of hydrogen-bond donors (Lipinski definition) is 0. The van der Waals surface area contributed by atoms with Gasteiger partial charge in [-0.1, -0.05) is 0 Å². The molecule has 0 N–H and O–H groups in total. The summed E-state index contributed by atoms with van der Waals surface area (Å²) in [5.74, 6) is 0. The van der Waals surface area contributed by atoms with E-state index < -0.39 is 0 Å². The fraction of sp³-hybridized carbons (Fsp3) is 0. The minimum absolute atomic E-state index is 0.273.